The molecule has 1 aromatic heterocycles. The summed E-state index contributed by atoms with van der Waals surface area (Å²) in [4.78, 5) is 2.71. The van der Waals surface area contributed by atoms with E-state index in [9.17, 15) is 0 Å². The Hall–Kier alpha value is -0.380. The second kappa shape index (κ2) is 4.62. The molecule has 0 amide bonds. The Balaban J connectivity index is 2.20. The SMILES string of the molecule is CCc1ccc(C(N)C2CC(C)(C)OC2(C)C)s1. The van der Waals surface area contributed by atoms with Gasteiger partial charge in [-0.3, -0.25) is 0 Å². The Kier molecular flexibility index (Phi) is 3.60. The quantitative estimate of drug-likeness (QED) is 0.901. The first-order chi connectivity index (χ1) is 8.25. The third-order valence-electron chi connectivity index (χ3n) is 3.94. The van der Waals surface area contributed by atoms with Crippen molar-refractivity contribution in [3.05, 3.63) is 21.9 Å². The van der Waals surface area contributed by atoms with Gasteiger partial charge in [0.25, 0.3) is 0 Å². The maximum Gasteiger partial charge on any atom is 0.0681 e. The molecule has 2 unspecified atom stereocenters. The normalized spacial score (nSPS) is 27.3. The fourth-order valence-corrected chi connectivity index (χ4v) is 4.15. The van der Waals surface area contributed by atoms with Gasteiger partial charge in [-0.05, 0) is 52.7 Å². The molecule has 0 aliphatic carbocycles. The minimum Gasteiger partial charge on any atom is -0.369 e. The van der Waals surface area contributed by atoms with Crippen LogP contribution in [-0.2, 0) is 11.2 Å². The molecule has 2 rings (SSSR count). The standard InChI is InChI=1S/C15H25NOS/c1-6-10-7-8-12(18-10)13(16)11-9-14(2,3)17-15(11,4)5/h7-8,11,13H,6,9,16H2,1-5H3. The summed E-state index contributed by atoms with van der Waals surface area (Å²) in [5.74, 6) is 0.385. The highest BCUT2D eigenvalue weighted by Crippen LogP contribution is 2.47. The predicted molar refractivity (Wildman–Crippen MR) is 78.0 cm³/mol. The van der Waals surface area contributed by atoms with Crippen LogP contribution in [0.3, 0.4) is 0 Å². The van der Waals surface area contributed by atoms with E-state index in [4.69, 9.17) is 10.5 Å². The number of aryl methyl sites for hydroxylation is 1. The van der Waals surface area contributed by atoms with Gasteiger partial charge in [0, 0.05) is 21.7 Å². The molecule has 2 nitrogen and oxygen atoms in total. The molecule has 1 aliphatic heterocycles. The first kappa shape index (κ1) is 14.0. The van der Waals surface area contributed by atoms with E-state index in [2.05, 4.69) is 46.8 Å². The number of nitrogens with two attached hydrogens (primary N) is 1. The first-order valence-corrected chi connectivity index (χ1v) is 7.61. The first-order valence-electron chi connectivity index (χ1n) is 6.79. The average Bonchev–Trinajstić information content (AvgIpc) is 2.79. The lowest BCUT2D eigenvalue weighted by molar-refractivity contribution is -0.0766. The molecule has 1 saturated heterocycles. The molecule has 1 aliphatic rings. The minimum absolute atomic E-state index is 0.0589. The molecule has 0 bridgehead atoms. The van der Waals surface area contributed by atoms with Crippen LogP contribution in [0.4, 0.5) is 0 Å². The van der Waals surface area contributed by atoms with Crippen LogP contribution in [0.2, 0.25) is 0 Å². The summed E-state index contributed by atoms with van der Waals surface area (Å²) in [6.45, 7) is 10.8. The largest absolute Gasteiger partial charge is 0.369 e. The highest BCUT2D eigenvalue weighted by atomic mass is 32.1. The van der Waals surface area contributed by atoms with E-state index >= 15 is 0 Å². The van der Waals surface area contributed by atoms with Crippen LogP contribution in [0.25, 0.3) is 0 Å². The Morgan fingerprint density at radius 2 is 2.06 bits per heavy atom. The molecule has 0 spiro atoms. The van der Waals surface area contributed by atoms with E-state index in [0.29, 0.717) is 5.92 Å². The van der Waals surface area contributed by atoms with Gasteiger partial charge < -0.3 is 10.5 Å². The summed E-state index contributed by atoms with van der Waals surface area (Å²) in [6, 6.07) is 4.48. The Labute approximate surface area is 115 Å². The van der Waals surface area contributed by atoms with Crippen molar-refractivity contribution < 1.29 is 4.74 Å². The molecular formula is C15H25NOS. The van der Waals surface area contributed by atoms with E-state index in [1.165, 1.54) is 9.75 Å². The lowest BCUT2D eigenvalue weighted by Gasteiger charge is -2.30. The minimum atomic E-state index is -0.140. The van der Waals surface area contributed by atoms with E-state index in [1.54, 1.807) is 0 Å². The Morgan fingerprint density at radius 1 is 1.39 bits per heavy atom. The van der Waals surface area contributed by atoms with Gasteiger partial charge in [-0.15, -0.1) is 11.3 Å². The third-order valence-corrected chi connectivity index (χ3v) is 5.27. The Morgan fingerprint density at radius 3 is 2.50 bits per heavy atom. The van der Waals surface area contributed by atoms with Crippen LogP contribution in [0, 0.1) is 5.92 Å². The van der Waals surface area contributed by atoms with Crippen molar-refractivity contribution in [2.45, 2.75) is 64.7 Å². The molecule has 102 valence electrons. The number of rotatable bonds is 3. The molecule has 18 heavy (non-hydrogen) atoms. The monoisotopic (exact) mass is 267 g/mol. The number of hydrogen-bond donors (Lipinski definition) is 1. The maximum atomic E-state index is 6.50. The zero-order valence-electron chi connectivity index (χ0n) is 12.1. The fraction of sp³-hybridized carbons (Fsp3) is 0.733. The third kappa shape index (κ3) is 2.63. The van der Waals surface area contributed by atoms with Crippen molar-refractivity contribution >= 4 is 11.3 Å². The maximum absolute atomic E-state index is 6.50. The van der Waals surface area contributed by atoms with Crippen LogP contribution in [0.1, 0.15) is 56.8 Å². The number of hydrogen-bond acceptors (Lipinski definition) is 3. The van der Waals surface area contributed by atoms with Crippen LogP contribution in [0.5, 0.6) is 0 Å². The van der Waals surface area contributed by atoms with Crippen molar-refractivity contribution in [2.24, 2.45) is 11.7 Å². The molecule has 3 heteroatoms. The van der Waals surface area contributed by atoms with Crippen LogP contribution in [0.15, 0.2) is 12.1 Å². The van der Waals surface area contributed by atoms with Crippen molar-refractivity contribution in [1.82, 2.24) is 0 Å². The van der Waals surface area contributed by atoms with Crippen LogP contribution < -0.4 is 5.73 Å². The van der Waals surface area contributed by atoms with E-state index < -0.39 is 0 Å². The molecule has 2 N–H and O–H groups in total. The molecule has 1 aromatic rings. The summed E-state index contributed by atoms with van der Waals surface area (Å²) in [5, 5.41) is 0. The fourth-order valence-electron chi connectivity index (χ4n) is 3.13. The molecule has 2 heterocycles. The van der Waals surface area contributed by atoms with E-state index in [-0.39, 0.29) is 17.2 Å². The highest BCUT2D eigenvalue weighted by molar-refractivity contribution is 7.12. The topological polar surface area (TPSA) is 35.2 Å². The average molecular weight is 267 g/mol. The number of thiophene rings is 1. The summed E-state index contributed by atoms with van der Waals surface area (Å²) >= 11 is 1.85. The number of ether oxygens (including phenoxy) is 1. The van der Waals surface area contributed by atoms with Crippen LogP contribution >= 0.6 is 11.3 Å². The van der Waals surface area contributed by atoms with Gasteiger partial charge in [-0.1, -0.05) is 6.92 Å². The molecule has 0 radical (unpaired) electrons. The lowest BCUT2D eigenvalue weighted by Crippen LogP contribution is -2.35. The van der Waals surface area contributed by atoms with Crippen molar-refractivity contribution in [2.75, 3.05) is 0 Å². The van der Waals surface area contributed by atoms with Gasteiger partial charge in [0.05, 0.1) is 11.2 Å². The summed E-state index contributed by atoms with van der Waals surface area (Å²) in [7, 11) is 0. The molecule has 1 fully saturated rings. The van der Waals surface area contributed by atoms with E-state index in [1.807, 2.05) is 11.3 Å². The molecule has 2 atom stereocenters. The molecular weight excluding hydrogens is 242 g/mol. The van der Waals surface area contributed by atoms with Crippen molar-refractivity contribution in [1.29, 1.82) is 0 Å². The zero-order valence-corrected chi connectivity index (χ0v) is 12.9. The van der Waals surface area contributed by atoms with Crippen LogP contribution in [-0.4, -0.2) is 11.2 Å². The van der Waals surface area contributed by atoms with Gasteiger partial charge in [0.2, 0.25) is 0 Å². The lowest BCUT2D eigenvalue weighted by atomic mass is 9.81. The highest BCUT2D eigenvalue weighted by Gasteiger charge is 2.48. The summed E-state index contributed by atoms with van der Waals surface area (Å²) < 4.78 is 6.15. The predicted octanol–water partition coefficient (Wildman–Crippen LogP) is 3.90. The van der Waals surface area contributed by atoms with Gasteiger partial charge >= 0.3 is 0 Å². The second-order valence-corrected chi connectivity index (χ2v) is 7.66. The van der Waals surface area contributed by atoms with Gasteiger partial charge in [-0.25, -0.2) is 0 Å². The van der Waals surface area contributed by atoms with Gasteiger partial charge in [-0.2, -0.15) is 0 Å². The summed E-state index contributed by atoms with van der Waals surface area (Å²) in [6.07, 6.45) is 2.12. The van der Waals surface area contributed by atoms with Gasteiger partial charge in [0.15, 0.2) is 0 Å². The smallest absolute Gasteiger partial charge is 0.0681 e. The van der Waals surface area contributed by atoms with Crippen molar-refractivity contribution in [3.8, 4) is 0 Å². The van der Waals surface area contributed by atoms with Crippen molar-refractivity contribution in [3.63, 3.8) is 0 Å². The second-order valence-electron chi connectivity index (χ2n) is 6.46. The molecule has 0 saturated carbocycles. The van der Waals surface area contributed by atoms with Gasteiger partial charge in [0.1, 0.15) is 0 Å². The molecule has 0 aromatic carbocycles. The zero-order chi connectivity index (χ0) is 13.6. The Bertz CT molecular complexity index is 422. The summed E-state index contributed by atoms with van der Waals surface area (Å²) in [5.41, 5.74) is 6.30. The van der Waals surface area contributed by atoms with E-state index in [0.717, 1.165) is 12.8 Å².